The van der Waals surface area contributed by atoms with Crippen LogP contribution in [0.5, 0.6) is 0 Å². The Morgan fingerprint density at radius 1 is 0.720 bits per heavy atom. The molecular formula is C39H57NO10. The second-order valence-corrected chi connectivity index (χ2v) is 18.3. The van der Waals surface area contributed by atoms with Crippen molar-refractivity contribution in [3.63, 3.8) is 0 Å². The van der Waals surface area contributed by atoms with Gasteiger partial charge in [0.05, 0.1) is 27.7 Å². The summed E-state index contributed by atoms with van der Waals surface area (Å²) in [7, 11) is 0. The number of rotatable bonds is 6. The maximum atomic E-state index is 14.2. The van der Waals surface area contributed by atoms with Crippen molar-refractivity contribution >= 4 is 29.8 Å². The van der Waals surface area contributed by atoms with Crippen LogP contribution in [0.15, 0.2) is 18.2 Å². The predicted molar refractivity (Wildman–Crippen MR) is 184 cm³/mol. The van der Waals surface area contributed by atoms with Gasteiger partial charge in [-0.05, 0) is 120 Å². The van der Waals surface area contributed by atoms with Crippen molar-refractivity contribution in [3.05, 3.63) is 34.9 Å². The normalized spacial score (nSPS) is 27.2. The molecule has 1 amide bonds. The largest absolute Gasteiger partial charge is 0.462 e. The van der Waals surface area contributed by atoms with Gasteiger partial charge in [-0.15, -0.1) is 0 Å². The number of benzene rings is 1. The third-order valence-electron chi connectivity index (χ3n) is 9.25. The minimum Gasteiger partial charge on any atom is -0.462 e. The summed E-state index contributed by atoms with van der Waals surface area (Å²) in [5.74, 6) is -2.55. The van der Waals surface area contributed by atoms with Gasteiger partial charge in [0.15, 0.2) is 24.5 Å². The van der Waals surface area contributed by atoms with Gasteiger partial charge in [0.25, 0.3) is 0 Å². The Hall–Kier alpha value is -3.47. The number of carbonyl (C=O) groups is 5. The van der Waals surface area contributed by atoms with Gasteiger partial charge < -0.3 is 28.6 Å². The molecule has 1 aromatic carbocycles. The average Bonchev–Trinajstić information content (AvgIpc) is 2.96. The molecule has 2 aliphatic heterocycles. The van der Waals surface area contributed by atoms with E-state index in [0.29, 0.717) is 6.42 Å². The highest BCUT2D eigenvalue weighted by Gasteiger charge is 2.58. The van der Waals surface area contributed by atoms with E-state index in [9.17, 15) is 24.0 Å². The highest BCUT2D eigenvalue weighted by Crippen LogP contribution is 2.47. The molecule has 0 spiro atoms. The van der Waals surface area contributed by atoms with Crippen LogP contribution in [0.4, 0.5) is 0 Å². The minimum absolute atomic E-state index is 0.108. The molecule has 11 nitrogen and oxygen atoms in total. The molecule has 2 bridgehead atoms. The van der Waals surface area contributed by atoms with E-state index in [1.54, 1.807) is 88.0 Å². The smallest absolute Gasteiger partial charge is 0.311 e. The Balaban J connectivity index is 1.92. The summed E-state index contributed by atoms with van der Waals surface area (Å²) >= 11 is 0. The Morgan fingerprint density at radius 2 is 1.22 bits per heavy atom. The van der Waals surface area contributed by atoms with Crippen LogP contribution in [0, 0.1) is 34.5 Å². The van der Waals surface area contributed by atoms with E-state index in [1.165, 1.54) is 0 Å². The van der Waals surface area contributed by atoms with E-state index >= 15 is 0 Å². The molecule has 11 heteroatoms. The van der Waals surface area contributed by atoms with Crippen molar-refractivity contribution in [3.8, 4) is 0 Å². The summed E-state index contributed by atoms with van der Waals surface area (Å²) in [5.41, 5.74) is -0.732. The SMILES string of the molecule is Cc1ccc2c(c1)C1CC(CC(=O)N1[C@@H]1O[C@H](COC(=O)C(C)(C)C)[C@H](OC(=O)C(C)(C)C)[C@H](OC(=O)C(C)(C)C)[C@H]1OC(=O)C(C)(C)C)C2. The molecule has 0 N–H and O–H groups in total. The van der Waals surface area contributed by atoms with Crippen molar-refractivity contribution in [2.24, 2.45) is 27.6 Å². The van der Waals surface area contributed by atoms with Crippen molar-refractivity contribution in [1.29, 1.82) is 0 Å². The first kappa shape index (κ1) is 39.3. The number of hydrogen-bond donors (Lipinski definition) is 0. The van der Waals surface area contributed by atoms with Crippen LogP contribution in [0.1, 0.15) is 119 Å². The second-order valence-electron chi connectivity index (χ2n) is 18.3. The molecule has 1 aliphatic carbocycles. The number of carbonyl (C=O) groups excluding carboxylic acids is 5. The average molecular weight is 700 g/mol. The van der Waals surface area contributed by atoms with Crippen molar-refractivity contribution in [2.45, 2.75) is 146 Å². The van der Waals surface area contributed by atoms with Gasteiger partial charge in [-0.3, -0.25) is 24.0 Å². The molecule has 2 unspecified atom stereocenters. The number of likely N-dealkylation sites (tertiary alicyclic amines) is 1. The monoisotopic (exact) mass is 699 g/mol. The molecule has 1 aromatic rings. The Kier molecular flexibility index (Phi) is 10.9. The molecule has 3 aliphatic rings. The van der Waals surface area contributed by atoms with E-state index < -0.39 is 82.2 Å². The fourth-order valence-electron chi connectivity index (χ4n) is 6.24. The maximum Gasteiger partial charge on any atom is 0.311 e. The van der Waals surface area contributed by atoms with E-state index in [2.05, 4.69) is 12.1 Å². The number of nitrogens with zero attached hydrogens (tertiary/aromatic N) is 1. The van der Waals surface area contributed by atoms with Crippen LogP contribution in [-0.2, 0) is 54.1 Å². The van der Waals surface area contributed by atoms with Crippen LogP contribution < -0.4 is 0 Å². The number of piperidine rings is 1. The van der Waals surface area contributed by atoms with Crippen LogP contribution >= 0.6 is 0 Å². The Bertz CT molecular complexity index is 1490. The van der Waals surface area contributed by atoms with Crippen LogP contribution in [-0.4, -0.2) is 71.9 Å². The zero-order chi connectivity index (χ0) is 37.7. The molecular weight excluding hydrogens is 642 g/mol. The fraction of sp³-hybridized carbons (Fsp3) is 0.718. The number of amides is 1. The fourth-order valence-corrected chi connectivity index (χ4v) is 6.24. The summed E-state index contributed by atoms with van der Waals surface area (Å²) in [6.45, 7) is 21.8. The quantitative estimate of drug-likeness (QED) is 0.256. The molecule has 0 radical (unpaired) electrons. The molecule has 2 heterocycles. The van der Waals surface area contributed by atoms with Crippen LogP contribution in [0.3, 0.4) is 0 Å². The molecule has 7 atom stereocenters. The van der Waals surface area contributed by atoms with Gasteiger partial charge >= 0.3 is 23.9 Å². The number of hydrogen-bond acceptors (Lipinski definition) is 10. The summed E-state index contributed by atoms with van der Waals surface area (Å²) < 4.78 is 31.0. The van der Waals surface area contributed by atoms with E-state index in [-0.39, 0.29) is 24.9 Å². The summed E-state index contributed by atoms with van der Waals surface area (Å²) in [6, 6.07) is 5.76. The third-order valence-corrected chi connectivity index (χ3v) is 9.25. The van der Waals surface area contributed by atoms with Crippen LogP contribution in [0.2, 0.25) is 0 Å². The lowest BCUT2D eigenvalue weighted by atomic mass is 9.74. The van der Waals surface area contributed by atoms with Crippen molar-refractivity contribution in [2.75, 3.05) is 6.61 Å². The topological polar surface area (TPSA) is 135 Å². The van der Waals surface area contributed by atoms with Crippen molar-refractivity contribution in [1.82, 2.24) is 4.90 Å². The van der Waals surface area contributed by atoms with E-state index in [4.69, 9.17) is 23.7 Å². The van der Waals surface area contributed by atoms with Gasteiger partial charge in [0.2, 0.25) is 5.91 Å². The van der Waals surface area contributed by atoms with Gasteiger partial charge in [0.1, 0.15) is 12.7 Å². The van der Waals surface area contributed by atoms with Gasteiger partial charge in [-0.25, -0.2) is 0 Å². The first-order valence-corrected chi connectivity index (χ1v) is 17.7. The van der Waals surface area contributed by atoms with Gasteiger partial charge in [-0.2, -0.15) is 0 Å². The molecule has 4 rings (SSSR count). The maximum absolute atomic E-state index is 14.2. The van der Waals surface area contributed by atoms with Gasteiger partial charge in [0, 0.05) is 6.42 Å². The minimum atomic E-state index is -1.43. The number of ether oxygens (including phenoxy) is 5. The molecule has 2 fully saturated rings. The first-order valence-electron chi connectivity index (χ1n) is 17.7. The molecule has 0 aromatic heterocycles. The predicted octanol–water partition coefficient (Wildman–Crippen LogP) is 6.02. The Labute approximate surface area is 297 Å². The summed E-state index contributed by atoms with van der Waals surface area (Å²) in [6.07, 6.45) is -5.04. The Morgan fingerprint density at radius 3 is 1.74 bits per heavy atom. The van der Waals surface area contributed by atoms with Crippen molar-refractivity contribution < 1.29 is 47.7 Å². The highest BCUT2D eigenvalue weighted by atomic mass is 16.7. The summed E-state index contributed by atoms with van der Waals surface area (Å²) in [4.78, 5) is 69.9. The number of esters is 4. The van der Waals surface area contributed by atoms with Crippen LogP contribution in [0.25, 0.3) is 0 Å². The zero-order valence-corrected chi connectivity index (χ0v) is 32.1. The van der Waals surface area contributed by atoms with E-state index in [0.717, 1.165) is 23.1 Å². The lowest BCUT2D eigenvalue weighted by Gasteiger charge is -2.53. The van der Waals surface area contributed by atoms with E-state index in [1.807, 2.05) is 13.0 Å². The van der Waals surface area contributed by atoms with Gasteiger partial charge in [-0.1, -0.05) is 23.8 Å². The lowest BCUT2D eigenvalue weighted by Crippen LogP contribution is -2.68. The third kappa shape index (κ3) is 8.69. The standard InChI is InChI=1S/C39H57NO10/c1-21-14-15-23-17-22-18-25(24(23)16-21)40(27(41)19-22)31-30(50-35(45)39(11,12)13)29(49-34(44)38(8,9)10)28(48-33(43)37(5,6)7)26(47-31)20-46-32(42)36(2,3)4/h14-16,22,25-26,28-31H,17-20H2,1-13H3/t22?,25?,26-,28+,29+,30-,31-/m1/s1. The second kappa shape index (κ2) is 13.9. The molecule has 0 saturated carbocycles. The summed E-state index contributed by atoms with van der Waals surface area (Å²) in [5, 5.41) is 0. The highest BCUT2D eigenvalue weighted by molar-refractivity contribution is 5.80. The molecule has 50 heavy (non-hydrogen) atoms. The number of aryl methyl sites for hydroxylation is 1. The molecule has 2 saturated heterocycles. The zero-order valence-electron chi connectivity index (χ0n) is 32.1. The first-order chi connectivity index (χ1) is 22.8. The lowest BCUT2D eigenvalue weighted by molar-refractivity contribution is -0.287. The number of fused-ring (bicyclic) bond motifs is 4. The molecule has 278 valence electrons.